The van der Waals surface area contributed by atoms with Crippen LogP contribution in [-0.4, -0.2) is 59.8 Å². The van der Waals surface area contributed by atoms with Crippen LogP contribution in [0.1, 0.15) is 30.1 Å². The average Bonchev–Trinajstić information content (AvgIpc) is 2.86. The molecule has 1 heterocycles. The molecule has 1 aliphatic heterocycles. The molecule has 1 atom stereocenters. The molecule has 1 aromatic carbocycles. The molecule has 0 fully saturated rings. The van der Waals surface area contributed by atoms with Crippen molar-refractivity contribution in [1.82, 2.24) is 15.1 Å². The molecule has 148 valence electrons. The summed E-state index contributed by atoms with van der Waals surface area (Å²) in [6, 6.07) is 4.38. The van der Waals surface area contributed by atoms with Gasteiger partial charge in [0, 0.05) is 33.6 Å². The number of likely N-dealkylation sites (N-methyl/N-ethyl adjacent to an activating group) is 1. The molecule has 8 heteroatoms. The Labute approximate surface area is 164 Å². The maximum atomic E-state index is 12.5. The van der Waals surface area contributed by atoms with Crippen molar-refractivity contribution in [3.63, 3.8) is 0 Å². The maximum absolute atomic E-state index is 12.5. The van der Waals surface area contributed by atoms with Gasteiger partial charge in [0.25, 0.3) is 17.7 Å². The monoisotopic (exact) mass is 384 g/mol. The summed E-state index contributed by atoms with van der Waals surface area (Å²) in [5, 5.41) is 16.3. The number of imide groups is 1. The number of carbonyl (C=O) groups excluding carboxylic acids is 3. The van der Waals surface area contributed by atoms with Crippen LogP contribution in [-0.2, 0) is 9.59 Å². The SMILES string of the molecule is C#CCC(CC)NC1=C(Nc2cccc(C(=O)N(C)C)c2O)C(=O)N(C)C1=O. The van der Waals surface area contributed by atoms with E-state index in [2.05, 4.69) is 16.6 Å². The summed E-state index contributed by atoms with van der Waals surface area (Å²) in [6.45, 7) is 1.91. The molecule has 2 rings (SSSR count). The highest BCUT2D eigenvalue weighted by atomic mass is 16.3. The molecular formula is C20H24N4O4. The number of nitrogens with one attached hydrogen (secondary N) is 2. The smallest absolute Gasteiger partial charge is 0.279 e. The molecule has 28 heavy (non-hydrogen) atoms. The first kappa shape index (κ1) is 20.8. The van der Waals surface area contributed by atoms with E-state index in [1.54, 1.807) is 20.2 Å². The van der Waals surface area contributed by atoms with Crippen LogP contribution in [0.4, 0.5) is 5.69 Å². The average molecular weight is 384 g/mol. The van der Waals surface area contributed by atoms with Gasteiger partial charge in [-0.3, -0.25) is 19.3 Å². The van der Waals surface area contributed by atoms with Gasteiger partial charge in [-0.25, -0.2) is 0 Å². The third-order valence-corrected chi connectivity index (χ3v) is 4.42. The molecule has 0 spiro atoms. The lowest BCUT2D eigenvalue weighted by atomic mass is 10.1. The number of benzene rings is 1. The molecule has 0 aliphatic carbocycles. The van der Waals surface area contributed by atoms with Gasteiger partial charge >= 0.3 is 0 Å². The fraction of sp³-hybridized carbons (Fsp3) is 0.350. The lowest BCUT2D eigenvalue weighted by Gasteiger charge is -2.18. The predicted molar refractivity (Wildman–Crippen MR) is 105 cm³/mol. The third-order valence-electron chi connectivity index (χ3n) is 4.42. The Morgan fingerprint density at radius 2 is 1.93 bits per heavy atom. The largest absolute Gasteiger partial charge is 0.505 e. The van der Waals surface area contributed by atoms with E-state index in [1.165, 1.54) is 24.1 Å². The predicted octanol–water partition coefficient (Wildman–Crippen LogP) is 1.11. The van der Waals surface area contributed by atoms with Gasteiger partial charge in [0.2, 0.25) is 0 Å². The lowest BCUT2D eigenvalue weighted by molar-refractivity contribution is -0.136. The van der Waals surface area contributed by atoms with E-state index in [9.17, 15) is 19.5 Å². The van der Waals surface area contributed by atoms with Gasteiger partial charge < -0.3 is 20.6 Å². The van der Waals surface area contributed by atoms with E-state index < -0.39 is 11.8 Å². The molecule has 0 bridgehead atoms. The van der Waals surface area contributed by atoms with Crippen molar-refractivity contribution < 1.29 is 19.5 Å². The van der Waals surface area contributed by atoms with Crippen molar-refractivity contribution in [2.75, 3.05) is 26.5 Å². The summed E-state index contributed by atoms with van der Waals surface area (Å²) in [4.78, 5) is 39.5. The zero-order valence-electron chi connectivity index (χ0n) is 16.4. The summed E-state index contributed by atoms with van der Waals surface area (Å²) in [5.74, 6) is 0.794. The number of aromatic hydroxyl groups is 1. The number of amides is 3. The lowest BCUT2D eigenvalue weighted by Crippen LogP contribution is -2.34. The van der Waals surface area contributed by atoms with Crippen molar-refractivity contribution in [2.24, 2.45) is 0 Å². The van der Waals surface area contributed by atoms with Crippen LogP contribution in [0.2, 0.25) is 0 Å². The second-order valence-corrected chi connectivity index (χ2v) is 6.60. The van der Waals surface area contributed by atoms with Crippen molar-refractivity contribution in [3.8, 4) is 18.1 Å². The van der Waals surface area contributed by atoms with Crippen LogP contribution in [0.5, 0.6) is 5.75 Å². The van der Waals surface area contributed by atoms with Gasteiger partial charge in [-0.2, -0.15) is 0 Å². The Balaban J connectivity index is 2.44. The normalized spacial score (nSPS) is 14.8. The maximum Gasteiger partial charge on any atom is 0.279 e. The first-order chi connectivity index (χ1) is 13.2. The number of nitrogens with zero attached hydrogens (tertiary/aromatic N) is 2. The highest BCUT2D eigenvalue weighted by molar-refractivity contribution is 6.20. The first-order valence-electron chi connectivity index (χ1n) is 8.80. The third kappa shape index (κ3) is 3.93. The summed E-state index contributed by atoms with van der Waals surface area (Å²) >= 11 is 0. The minimum absolute atomic E-state index is 0.00674. The fourth-order valence-corrected chi connectivity index (χ4v) is 2.73. The highest BCUT2D eigenvalue weighted by Crippen LogP contribution is 2.31. The molecule has 0 saturated carbocycles. The van der Waals surface area contributed by atoms with Crippen LogP contribution >= 0.6 is 0 Å². The minimum Gasteiger partial charge on any atom is -0.505 e. The number of phenols is 1. The zero-order valence-corrected chi connectivity index (χ0v) is 16.4. The fourth-order valence-electron chi connectivity index (χ4n) is 2.73. The van der Waals surface area contributed by atoms with E-state index in [-0.39, 0.29) is 40.3 Å². The Hall–Kier alpha value is -3.47. The summed E-state index contributed by atoms with van der Waals surface area (Å²) < 4.78 is 0. The Kier molecular flexibility index (Phi) is 6.31. The molecule has 1 aromatic rings. The number of carbonyl (C=O) groups is 3. The quantitative estimate of drug-likeness (QED) is 0.370. The molecule has 0 saturated heterocycles. The molecule has 3 N–H and O–H groups in total. The van der Waals surface area contributed by atoms with Crippen molar-refractivity contribution >= 4 is 23.4 Å². The highest BCUT2D eigenvalue weighted by Gasteiger charge is 2.37. The van der Waals surface area contributed by atoms with Gasteiger partial charge in [0.15, 0.2) is 5.75 Å². The van der Waals surface area contributed by atoms with Gasteiger partial charge in [-0.05, 0) is 18.6 Å². The van der Waals surface area contributed by atoms with Crippen LogP contribution in [0, 0.1) is 12.3 Å². The number of hydrogen-bond donors (Lipinski definition) is 3. The van der Waals surface area contributed by atoms with Gasteiger partial charge in [-0.15, -0.1) is 12.3 Å². The first-order valence-corrected chi connectivity index (χ1v) is 8.80. The Morgan fingerprint density at radius 3 is 2.50 bits per heavy atom. The molecule has 0 aromatic heterocycles. The molecule has 3 amide bonds. The van der Waals surface area contributed by atoms with Gasteiger partial charge in [0.05, 0.1) is 11.3 Å². The molecule has 1 unspecified atom stereocenters. The van der Waals surface area contributed by atoms with Gasteiger partial charge in [-0.1, -0.05) is 13.0 Å². The number of phenolic OH excluding ortho intramolecular Hbond substituents is 1. The van der Waals surface area contributed by atoms with Crippen LogP contribution < -0.4 is 10.6 Å². The minimum atomic E-state index is -0.549. The van der Waals surface area contributed by atoms with Crippen molar-refractivity contribution in [3.05, 3.63) is 35.2 Å². The Bertz CT molecular complexity index is 883. The summed E-state index contributed by atoms with van der Waals surface area (Å²) in [7, 11) is 4.50. The number of terminal acetylenes is 1. The van der Waals surface area contributed by atoms with Gasteiger partial charge in [0.1, 0.15) is 11.4 Å². The standard InChI is InChI=1S/C20H24N4O4/c1-6-9-12(7-2)21-15-16(20(28)24(5)19(15)27)22-14-11-8-10-13(17(14)25)18(26)23(3)4/h1,8,10-12,21-22,25H,7,9H2,2-5H3. The van der Waals surface area contributed by atoms with E-state index in [0.717, 1.165) is 4.90 Å². The summed E-state index contributed by atoms with van der Waals surface area (Å²) in [5.41, 5.74) is 0.295. The number of para-hydroxylation sites is 1. The van der Waals surface area contributed by atoms with Crippen molar-refractivity contribution in [1.29, 1.82) is 0 Å². The Morgan fingerprint density at radius 1 is 1.29 bits per heavy atom. The van der Waals surface area contributed by atoms with E-state index in [1.807, 2.05) is 6.92 Å². The molecule has 1 aliphatic rings. The van der Waals surface area contributed by atoms with Crippen LogP contribution in [0.25, 0.3) is 0 Å². The molecular weight excluding hydrogens is 360 g/mol. The van der Waals surface area contributed by atoms with Crippen LogP contribution in [0.15, 0.2) is 29.6 Å². The van der Waals surface area contributed by atoms with Crippen molar-refractivity contribution in [2.45, 2.75) is 25.8 Å². The number of anilines is 1. The van der Waals surface area contributed by atoms with E-state index in [4.69, 9.17) is 6.42 Å². The second kappa shape index (κ2) is 8.48. The summed E-state index contributed by atoms with van der Waals surface area (Å²) in [6.07, 6.45) is 6.41. The molecule has 8 nitrogen and oxygen atoms in total. The van der Waals surface area contributed by atoms with E-state index in [0.29, 0.717) is 12.8 Å². The van der Waals surface area contributed by atoms with E-state index >= 15 is 0 Å². The number of hydrogen-bond acceptors (Lipinski definition) is 6. The second-order valence-electron chi connectivity index (χ2n) is 6.60. The topological polar surface area (TPSA) is 102 Å². The number of rotatable bonds is 7. The zero-order chi connectivity index (χ0) is 21.0. The molecule has 0 radical (unpaired) electrons. The van der Waals surface area contributed by atoms with Crippen LogP contribution in [0.3, 0.4) is 0 Å².